The standard InChI is InChI=1S/C52H53BN2O3/c1-49(2,3)30-17-21-34(22-18-30)54-38-26-31(50(4,5)6)19-23-36(38)53-46-39(54)29-44-48(58-41-16-14-13-15-40(41)56-44)45(46)35-25-33(52(10,11)12)28-43-47(35)55(53)37-24-20-32(51(7,8)9)27-42(37)57-43/h13-29H,1-12H3. The first-order valence-electron chi connectivity index (χ1n) is 20.8. The largest absolute Gasteiger partial charge is 0.453 e. The summed E-state index contributed by atoms with van der Waals surface area (Å²) < 4.78 is 21.0. The van der Waals surface area contributed by atoms with Gasteiger partial charge in [-0.15, -0.1) is 0 Å². The van der Waals surface area contributed by atoms with Gasteiger partial charge in [0.05, 0.1) is 11.4 Å². The molecule has 0 unspecified atom stereocenters. The van der Waals surface area contributed by atoms with Gasteiger partial charge in [0.1, 0.15) is 5.75 Å². The number of hydrogen-bond donors (Lipinski definition) is 0. The Hall–Kier alpha value is -5.62. The second-order valence-electron chi connectivity index (χ2n) is 20.7. The van der Waals surface area contributed by atoms with Crippen molar-refractivity contribution in [3.05, 3.63) is 125 Å². The minimum absolute atomic E-state index is 0.0230. The molecule has 0 radical (unpaired) electrons. The lowest BCUT2D eigenvalue weighted by atomic mass is 9.43. The van der Waals surface area contributed by atoms with Gasteiger partial charge in [-0.25, -0.2) is 0 Å². The summed E-state index contributed by atoms with van der Waals surface area (Å²) >= 11 is 0. The summed E-state index contributed by atoms with van der Waals surface area (Å²) in [4.78, 5) is 5.04. The summed E-state index contributed by atoms with van der Waals surface area (Å²) in [5.74, 6) is 4.59. The average Bonchev–Trinajstić information content (AvgIpc) is 3.15. The molecule has 0 bridgehead atoms. The fraction of sp³-hybridized carbons (Fsp3) is 0.308. The van der Waals surface area contributed by atoms with E-state index in [0.717, 1.165) is 56.8 Å². The van der Waals surface area contributed by atoms with Crippen LogP contribution in [0.15, 0.2) is 103 Å². The van der Waals surface area contributed by atoms with Crippen LogP contribution < -0.4 is 34.8 Å². The van der Waals surface area contributed by atoms with Gasteiger partial charge in [0.15, 0.2) is 28.7 Å². The normalized spacial score (nSPS) is 14.9. The Bertz CT molecular complexity index is 2700. The zero-order valence-electron chi connectivity index (χ0n) is 36.0. The molecule has 0 saturated heterocycles. The number of fused-ring (bicyclic) bond motifs is 9. The Labute approximate surface area is 344 Å². The lowest BCUT2D eigenvalue weighted by molar-refractivity contribution is 0.361. The second kappa shape index (κ2) is 12.0. The number of anilines is 5. The van der Waals surface area contributed by atoms with Crippen molar-refractivity contribution in [2.24, 2.45) is 0 Å². The van der Waals surface area contributed by atoms with E-state index < -0.39 is 0 Å². The summed E-state index contributed by atoms with van der Waals surface area (Å²) in [5, 5.41) is 0. The average molecular weight is 765 g/mol. The predicted molar refractivity (Wildman–Crippen MR) is 242 cm³/mol. The van der Waals surface area contributed by atoms with E-state index in [-0.39, 0.29) is 28.5 Å². The van der Waals surface area contributed by atoms with Crippen LogP contribution in [0.3, 0.4) is 0 Å². The summed E-state index contributed by atoms with van der Waals surface area (Å²) in [7, 11) is 0. The molecular formula is C52H53BN2O3. The molecule has 58 heavy (non-hydrogen) atoms. The highest BCUT2D eigenvalue weighted by molar-refractivity contribution is 6.94. The monoisotopic (exact) mass is 764 g/mol. The number of rotatable bonds is 1. The quantitative estimate of drug-likeness (QED) is 0.156. The molecule has 0 spiro atoms. The molecule has 10 rings (SSSR count). The van der Waals surface area contributed by atoms with E-state index in [1.54, 1.807) is 0 Å². The second-order valence-corrected chi connectivity index (χ2v) is 20.7. The van der Waals surface area contributed by atoms with Gasteiger partial charge < -0.3 is 23.9 Å². The molecule has 0 aliphatic carbocycles. The van der Waals surface area contributed by atoms with Gasteiger partial charge in [0.2, 0.25) is 0 Å². The maximum atomic E-state index is 7.11. The van der Waals surface area contributed by atoms with Gasteiger partial charge >= 0.3 is 6.85 Å². The lowest BCUT2D eigenvalue weighted by Crippen LogP contribution is -2.62. The fourth-order valence-electron chi connectivity index (χ4n) is 9.10. The Morgan fingerprint density at radius 1 is 0.448 bits per heavy atom. The Kier molecular flexibility index (Phi) is 7.58. The topological polar surface area (TPSA) is 34.2 Å². The van der Waals surface area contributed by atoms with Crippen LogP contribution in [0.25, 0.3) is 11.1 Å². The molecule has 0 aromatic heterocycles. The summed E-state index contributed by atoms with van der Waals surface area (Å²) in [6, 6.07) is 38.0. The minimum Gasteiger partial charge on any atom is -0.453 e. The molecule has 6 heteroatoms. The molecule has 292 valence electrons. The zero-order valence-corrected chi connectivity index (χ0v) is 36.0. The molecule has 4 aliphatic rings. The van der Waals surface area contributed by atoms with Gasteiger partial charge in [-0.05, 0) is 109 Å². The van der Waals surface area contributed by atoms with Crippen LogP contribution in [0.4, 0.5) is 28.4 Å². The highest BCUT2D eigenvalue weighted by Gasteiger charge is 2.51. The molecule has 6 aromatic rings. The highest BCUT2D eigenvalue weighted by Crippen LogP contribution is 2.61. The van der Waals surface area contributed by atoms with Crippen LogP contribution in [0.5, 0.6) is 34.5 Å². The molecule has 0 N–H and O–H groups in total. The van der Waals surface area contributed by atoms with Gasteiger partial charge in [-0.1, -0.05) is 126 Å². The van der Waals surface area contributed by atoms with E-state index in [9.17, 15) is 0 Å². The number of para-hydroxylation sites is 2. The molecule has 0 saturated carbocycles. The van der Waals surface area contributed by atoms with E-state index in [4.69, 9.17) is 14.2 Å². The van der Waals surface area contributed by atoms with Gasteiger partial charge in [0.25, 0.3) is 0 Å². The highest BCUT2D eigenvalue weighted by atomic mass is 16.6. The maximum Gasteiger partial charge on any atom is 0.333 e. The Balaban J connectivity index is 1.35. The molecule has 4 aliphatic heterocycles. The van der Waals surface area contributed by atoms with Crippen LogP contribution in [-0.4, -0.2) is 6.85 Å². The maximum absolute atomic E-state index is 7.11. The zero-order chi connectivity index (χ0) is 40.8. The minimum atomic E-state index is -0.194. The van der Waals surface area contributed by atoms with Crippen LogP contribution >= 0.6 is 0 Å². The number of nitrogens with zero attached hydrogens (tertiary/aromatic N) is 2. The smallest absolute Gasteiger partial charge is 0.333 e. The fourth-order valence-corrected chi connectivity index (χ4v) is 9.10. The van der Waals surface area contributed by atoms with Crippen molar-refractivity contribution in [2.45, 2.75) is 105 Å². The Morgan fingerprint density at radius 3 is 1.67 bits per heavy atom. The van der Waals surface area contributed by atoms with Crippen molar-refractivity contribution in [1.82, 2.24) is 0 Å². The van der Waals surface area contributed by atoms with Gasteiger partial charge in [0, 0.05) is 34.3 Å². The van der Waals surface area contributed by atoms with E-state index in [0.29, 0.717) is 17.2 Å². The molecule has 5 nitrogen and oxygen atoms in total. The van der Waals surface area contributed by atoms with Crippen LogP contribution in [0.1, 0.15) is 105 Å². The van der Waals surface area contributed by atoms with E-state index >= 15 is 0 Å². The number of benzene rings is 6. The molecule has 4 heterocycles. The summed E-state index contributed by atoms with van der Waals surface area (Å²) in [5.41, 5.74) is 14.8. The van der Waals surface area contributed by atoms with Crippen molar-refractivity contribution in [3.8, 4) is 45.6 Å². The van der Waals surface area contributed by atoms with Crippen molar-refractivity contribution in [2.75, 3.05) is 9.71 Å². The summed E-state index contributed by atoms with van der Waals surface area (Å²) in [6.45, 7) is 27.1. The molecule has 0 atom stereocenters. The van der Waals surface area contributed by atoms with E-state index in [1.807, 2.05) is 24.3 Å². The molecule has 0 amide bonds. The SMILES string of the molecule is CC(C)(C)c1ccc(N2c3cc(C(C)(C)C)ccc3B3c4c2cc2c(c4-c4cc(C(C)(C)C)cc5c4N3c3ccc(C(C)(C)C)cc3O5)Oc3ccccc3O2)cc1. The molecular weight excluding hydrogens is 711 g/mol. The number of hydrogen-bond acceptors (Lipinski definition) is 5. The lowest BCUT2D eigenvalue weighted by Gasteiger charge is -2.49. The Morgan fingerprint density at radius 2 is 1.02 bits per heavy atom. The number of ether oxygens (including phenoxy) is 3. The summed E-state index contributed by atoms with van der Waals surface area (Å²) in [6.07, 6.45) is 0. The molecule has 6 aromatic carbocycles. The first-order chi connectivity index (χ1) is 27.3. The third-order valence-corrected chi connectivity index (χ3v) is 12.5. The van der Waals surface area contributed by atoms with Crippen molar-refractivity contribution < 1.29 is 14.2 Å². The van der Waals surface area contributed by atoms with E-state index in [2.05, 4.69) is 172 Å². The first kappa shape index (κ1) is 36.7. The van der Waals surface area contributed by atoms with Crippen LogP contribution in [0, 0.1) is 0 Å². The molecule has 0 fully saturated rings. The van der Waals surface area contributed by atoms with Crippen molar-refractivity contribution in [3.63, 3.8) is 0 Å². The van der Waals surface area contributed by atoms with E-state index in [1.165, 1.54) is 33.2 Å². The van der Waals surface area contributed by atoms with Crippen LogP contribution in [-0.2, 0) is 21.7 Å². The van der Waals surface area contributed by atoms with Crippen molar-refractivity contribution in [1.29, 1.82) is 0 Å². The van der Waals surface area contributed by atoms with Crippen molar-refractivity contribution >= 4 is 46.2 Å². The third kappa shape index (κ3) is 5.51. The predicted octanol–water partition coefficient (Wildman–Crippen LogP) is 13.6. The van der Waals surface area contributed by atoms with Gasteiger partial charge in [-0.3, -0.25) is 0 Å². The van der Waals surface area contributed by atoms with Gasteiger partial charge in [-0.2, -0.15) is 0 Å². The van der Waals surface area contributed by atoms with Crippen LogP contribution in [0.2, 0.25) is 0 Å². The third-order valence-electron chi connectivity index (χ3n) is 12.5. The first-order valence-corrected chi connectivity index (χ1v) is 20.8.